The first kappa shape index (κ1) is 18.5. The second-order valence-corrected chi connectivity index (χ2v) is 7.23. The van der Waals surface area contributed by atoms with Crippen LogP contribution in [0.1, 0.15) is 43.9 Å². The number of hydrogen-bond donors (Lipinski definition) is 1. The van der Waals surface area contributed by atoms with E-state index >= 15 is 0 Å². The lowest BCUT2D eigenvalue weighted by molar-refractivity contribution is -0.121. The highest BCUT2D eigenvalue weighted by molar-refractivity contribution is 6.30. The molecular weight excluding hydrogens is 348 g/mol. The van der Waals surface area contributed by atoms with Gasteiger partial charge in [0.1, 0.15) is 0 Å². The average Bonchev–Trinajstić information content (AvgIpc) is 2.61. The predicted octanol–water partition coefficient (Wildman–Crippen LogP) is 4.28. The highest BCUT2D eigenvalue weighted by atomic mass is 35.5. The van der Waals surface area contributed by atoms with Crippen LogP contribution in [0.15, 0.2) is 48.5 Å². The third-order valence-electron chi connectivity index (χ3n) is 4.82. The van der Waals surface area contributed by atoms with Crippen LogP contribution >= 0.6 is 11.6 Å². The van der Waals surface area contributed by atoms with Crippen LogP contribution in [-0.4, -0.2) is 17.9 Å². The first-order valence-electron chi connectivity index (χ1n) is 8.88. The fourth-order valence-electron chi connectivity index (χ4n) is 3.53. The number of carbonyl (C=O) groups is 2. The van der Waals surface area contributed by atoms with Gasteiger partial charge in [-0.15, -0.1) is 0 Å². The molecule has 2 atom stereocenters. The van der Waals surface area contributed by atoms with Crippen LogP contribution in [0.25, 0.3) is 0 Å². The Labute approximate surface area is 159 Å². The molecule has 2 aromatic rings. The van der Waals surface area contributed by atoms with Crippen molar-refractivity contribution in [3.05, 3.63) is 64.7 Å². The van der Waals surface area contributed by atoms with Crippen LogP contribution in [0, 0.1) is 0 Å². The van der Waals surface area contributed by atoms with Crippen LogP contribution in [0.3, 0.4) is 0 Å². The topological polar surface area (TPSA) is 49.4 Å². The molecule has 2 aromatic carbocycles. The molecule has 0 saturated heterocycles. The summed E-state index contributed by atoms with van der Waals surface area (Å²) in [6.07, 6.45) is 2.13. The van der Waals surface area contributed by atoms with Crippen molar-refractivity contribution < 1.29 is 9.59 Å². The van der Waals surface area contributed by atoms with E-state index in [0.717, 1.165) is 24.1 Å². The van der Waals surface area contributed by atoms with E-state index < -0.39 is 0 Å². The molecule has 1 aliphatic rings. The van der Waals surface area contributed by atoms with Crippen molar-refractivity contribution in [3.63, 3.8) is 0 Å². The molecule has 2 amide bonds. The quantitative estimate of drug-likeness (QED) is 0.873. The van der Waals surface area contributed by atoms with E-state index in [9.17, 15) is 9.59 Å². The van der Waals surface area contributed by atoms with Crippen molar-refractivity contribution >= 4 is 29.1 Å². The molecule has 0 aliphatic carbocycles. The Kier molecular flexibility index (Phi) is 5.62. The fraction of sp³-hybridized carbons (Fsp3) is 0.333. The molecule has 0 aromatic heterocycles. The van der Waals surface area contributed by atoms with Gasteiger partial charge in [0.25, 0.3) is 0 Å². The normalized spacial score (nSPS) is 17.3. The molecule has 1 aliphatic heterocycles. The largest absolute Gasteiger partial charge is 0.349 e. The van der Waals surface area contributed by atoms with E-state index in [1.54, 1.807) is 12.1 Å². The van der Waals surface area contributed by atoms with Gasteiger partial charge in [-0.3, -0.25) is 9.59 Å². The summed E-state index contributed by atoms with van der Waals surface area (Å²) < 4.78 is 0. The summed E-state index contributed by atoms with van der Waals surface area (Å²) in [5.74, 6) is -0.150. The van der Waals surface area contributed by atoms with Crippen molar-refractivity contribution in [2.45, 2.75) is 45.2 Å². The summed E-state index contributed by atoms with van der Waals surface area (Å²) in [4.78, 5) is 26.7. The lowest BCUT2D eigenvalue weighted by atomic mass is 9.95. The van der Waals surface area contributed by atoms with Gasteiger partial charge in [0, 0.05) is 23.7 Å². The Morgan fingerprint density at radius 1 is 1.19 bits per heavy atom. The molecule has 0 radical (unpaired) electrons. The Bertz CT molecular complexity index is 804. The molecule has 0 bridgehead atoms. The highest BCUT2D eigenvalue weighted by Crippen LogP contribution is 2.32. The number of rotatable bonds is 4. The van der Waals surface area contributed by atoms with Crippen molar-refractivity contribution in [3.8, 4) is 0 Å². The van der Waals surface area contributed by atoms with Crippen molar-refractivity contribution in [2.24, 2.45) is 0 Å². The van der Waals surface area contributed by atoms with E-state index in [4.69, 9.17) is 11.6 Å². The van der Waals surface area contributed by atoms with Crippen molar-refractivity contribution in [1.82, 2.24) is 5.32 Å². The third kappa shape index (κ3) is 4.07. The van der Waals surface area contributed by atoms with Gasteiger partial charge in [-0.2, -0.15) is 0 Å². The number of fused-ring (bicyclic) bond motifs is 1. The van der Waals surface area contributed by atoms with Gasteiger partial charge in [0.15, 0.2) is 0 Å². The van der Waals surface area contributed by atoms with Gasteiger partial charge in [0.2, 0.25) is 11.8 Å². The number of hydrogen-bond acceptors (Lipinski definition) is 2. The van der Waals surface area contributed by atoms with E-state index in [2.05, 4.69) is 18.3 Å². The van der Waals surface area contributed by atoms with Crippen LogP contribution in [0.4, 0.5) is 5.69 Å². The van der Waals surface area contributed by atoms with Crippen LogP contribution in [0.2, 0.25) is 5.02 Å². The molecule has 1 N–H and O–H groups in total. The lowest BCUT2D eigenvalue weighted by Gasteiger charge is -2.36. The van der Waals surface area contributed by atoms with Crippen molar-refractivity contribution in [2.75, 3.05) is 4.90 Å². The predicted molar refractivity (Wildman–Crippen MR) is 104 cm³/mol. The first-order valence-corrected chi connectivity index (χ1v) is 9.26. The maximum atomic E-state index is 13.2. The van der Waals surface area contributed by atoms with Gasteiger partial charge < -0.3 is 10.2 Å². The Balaban J connectivity index is 1.85. The zero-order valence-electron chi connectivity index (χ0n) is 15.0. The molecule has 0 saturated carbocycles. The Hall–Kier alpha value is -2.33. The van der Waals surface area contributed by atoms with E-state index in [0.29, 0.717) is 5.02 Å². The minimum atomic E-state index is -0.376. The maximum absolute atomic E-state index is 13.2. The smallest absolute Gasteiger partial charge is 0.229 e. The van der Waals surface area contributed by atoms with Gasteiger partial charge in [-0.05, 0) is 49.1 Å². The molecule has 26 heavy (non-hydrogen) atoms. The summed E-state index contributed by atoms with van der Waals surface area (Å²) in [6.45, 7) is 3.54. The minimum absolute atomic E-state index is 0.0124. The minimum Gasteiger partial charge on any atom is -0.349 e. The second-order valence-electron chi connectivity index (χ2n) is 6.79. The van der Waals surface area contributed by atoms with Crippen LogP contribution in [-0.2, 0) is 16.0 Å². The number of nitrogens with one attached hydrogen (secondary N) is 1. The molecule has 2 unspecified atom stereocenters. The fourth-order valence-corrected chi connectivity index (χ4v) is 3.66. The highest BCUT2D eigenvalue weighted by Gasteiger charge is 2.30. The number of benzene rings is 2. The lowest BCUT2D eigenvalue weighted by Crippen LogP contribution is -2.43. The van der Waals surface area contributed by atoms with Gasteiger partial charge >= 0.3 is 0 Å². The number of anilines is 1. The molecule has 3 rings (SSSR count). The van der Waals surface area contributed by atoms with Crippen molar-refractivity contribution in [1.29, 1.82) is 0 Å². The molecule has 0 fully saturated rings. The first-order chi connectivity index (χ1) is 12.5. The SMILES string of the molecule is CC(=O)NC(CC(=O)N1c2ccccc2CCC1C)c1ccc(Cl)cc1. The van der Waals surface area contributed by atoms with E-state index in [1.807, 2.05) is 35.2 Å². The molecule has 5 heteroatoms. The molecule has 136 valence electrons. The summed E-state index contributed by atoms with van der Waals surface area (Å²) in [7, 11) is 0. The van der Waals surface area contributed by atoms with Gasteiger partial charge in [-0.1, -0.05) is 41.9 Å². The Morgan fingerprint density at radius 2 is 1.88 bits per heavy atom. The number of para-hydroxylation sites is 1. The standard InChI is InChI=1S/C21H23ClN2O2/c1-14-7-8-17-5-3-4-6-20(17)24(14)21(26)13-19(23-15(2)25)16-9-11-18(22)12-10-16/h3-6,9-12,14,19H,7-8,13H2,1-2H3,(H,23,25). The van der Waals surface area contributed by atoms with Crippen LogP contribution in [0.5, 0.6) is 0 Å². The molecular formula is C21H23ClN2O2. The Morgan fingerprint density at radius 3 is 2.58 bits per heavy atom. The number of aryl methyl sites for hydroxylation is 1. The summed E-state index contributed by atoms with van der Waals surface area (Å²) >= 11 is 5.96. The van der Waals surface area contributed by atoms with Crippen LogP contribution < -0.4 is 10.2 Å². The summed E-state index contributed by atoms with van der Waals surface area (Å²) in [6, 6.07) is 15.0. The summed E-state index contributed by atoms with van der Waals surface area (Å²) in [5, 5.41) is 3.52. The summed E-state index contributed by atoms with van der Waals surface area (Å²) in [5.41, 5.74) is 3.05. The van der Waals surface area contributed by atoms with E-state index in [1.165, 1.54) is 12.5 Å². The number of amides is 2. The number of halogens is 1. The molecule has 0 spiro atoms. The van der Waals surface area contributed by atoms with E-state index in [-0.39, 0.29) is 30.3 Å². The maximum Gasteiger partial charge on any atom is 0.229 e. The molecule has 1 heterocycles. The number of nitrogens with zero attached hydrogens (tertiary/aromatic N) is 1. The zero-order chi connectivity index (χ0) is 18.7. The number of carbonyl (C=O) groups excluding carboxylic acids is 2. The second kappa shape index (κ2) is 7.92. The average molecular weight is 371 g/mol. The third-order valence-corrected chi connectivity index (χ3v) is 5.07. The monoisotopic (exact) mass is 370 g/mol. The molecule has 4 nitrogen and oxygen atoms in total. The van der Waals surface area contributed by atoms with Gasteiger partial charge in [-0.25, -0.2) is 0 Å². The van der Waals surface area contributed by atoms with Gasteiger partial charge in [0.05, 0.1) is 12.5 Å². The zero-order valence-corrected chi connectivity index (χ0v) is 15.8.